The van der Waals surface area contributed by atoms with Crippen LogP contribution in [0.5, 0.6) is 0 Å². The van der Waals surface area contributed by atoms with E-state index in [9.17, 15) is 4.39 Å². The van der Waals surface area contributed by atoms with Crippen LogP contribution in [0.15, 0.2) is 42.5 Å². The number of halogens is 1. The lowest BCUT2D eigenvalue weighted by Gasteiger charge is -2.20. The Morgan fingerprint density at radius 2 is 1.86 bits per heavy atom. The highest BCUT2D eigenvalue weighted by atomic mass is 32.1. The molecule has 0 unspecified atom stereocenters. The van der Waals surface area contributed by atoms with Crippen molar-refractivity contribution in [2.45, 2.75) is 19.9 Å². The normalized spacial score (nSPS) is 10.4. The number of rotatable bonds is 5. The highest BCUT2D eigenvalue weighted by molar-refractivity contribution is 7.80. The van der Waals surface area contributed by atoms with Crippen molar-refractivity contribution in [3.63, 3.8) is 0 Å². The molecule has 2 nitrogen and oxygen atoms in total. The molecule has 2 N–H and O–H groups in total. The summed E-state index contributed by atoms with van der Waals surface area (Å²) in [7, 11) is 1.95. The van der Waals surface area contributed by atoms with Crippen molar-refractivity contribution in [3.05, 3.63) is 65.0 Å². The van der Waals surface area contributed by atoms with Crippen LogP contribution in [0.3, 0.4) is 0 Å². The molecule has 0 saturated heterocycles. The van der Waals surface area contributed by atoms with Crippen LogP contribution >= 0.6 is 12.2 Å². The van der Waals surface area contributed by atoms with Crippen LogP contribution in [0.2, 0.25) is 0 Å². The zero-order chi connectivity index (χ0) is 15.4. The van der Waals surface area contributed by atoms with Gasteiger partial charge in [0.15, 0.2) is 0 Å². The van der Waals surface area contributed by atoms with Crippen molar-refractivity contribution in [1.29, 1.82) is 0 Å². The van der Waals surface area contributed by atoms with Gasteiger partial charge in [0.05, 0.1) is 0 Å². The number of nitrogens with zero attached hydrogens (tertiary/aromatic N) is 1. The minimum absolute atomic E-state index is 0.212. The van der Waals surface area contributed by atoms with Crippen LogP contribution in [0.4, 0.5) is 10.1 Å². The van der Waals surface area contributed by atoms with Gasteiger partial charge in [0.25, 0.3) is 0 Å². The molecule has 0 saturated carbocycles. The lowest BCUT2D eigenvalue weighted by atomic mass is 10.1. The molecule has 0 fully saturated rings. The molecule has 0 heterocycles. The molecule has 0 spiro atoms. The molecule has 21 heavy (non-hydrogen) atoms. The van der Waals surface area contributed by atoms with Gasteiger partial charge >= 0.3 is 0 Å². The van der Waals surface area contributed by atoms with Crippen LogP contribution in [0.1, 0.15) is 23.6 Å². The summed E-state index contributed by atoms with van der Waals surface area (Å²) in [6.45, 7) is 2.62. The smallest absolute Gasteiger partial charge is 0.128 e. The summed E-state index contributed by atoms with van der Waals surface area (Å²) < 4.78 is 14.1. The Labute approximate surface area is 130 Å². The van der Waals surface area contributed by atoms with Gasteiger partial charge in [-0.3, -0.25) is 0 Å². The summed E-state index contributed by atoms with van der Waals surface area (Å²) in [5, 5.41) is 0. The Hall–Kier alpha value is -1.94. The fourth-order valence-electron chi connectivity index (χ4n) is 2.16. The van der Waals surface area contributed by atoms with Crippen molar-refractivity contribution in [1.82, 2.24) is 0 Å². The van der Waals surface area contributed by atoms with Crippen LogP contribution in [0.25, 0.3) is 0 Å². The van der Waals surface area contributed by atoms with Gasteiger partial charge in [-0.05, 0) is 30.2 Å². The van der Waals surface area contributed by atoms with Crippen molar-refractivity contribution < 1.29 is 4.39 Å². The number of nitrogens with two attached hydrogens (primary N) is 1. The third-order valence-corrected chi connectivity index (χ3v) is 3.77. The van der Waals surface area contributed by atoms with E-state index in [1.54, 1.807) is 12.1 Å². The second-order valence-electron chi connectivity index (χ2n) is 5.05. The van der Waals surface area contributed by atoms with E-state index in [0.717, 1.165) is 12.1 Å². The third kappa shape index (κ3) is 3.79. The maximum absolute atomic E-state index is 14.1. The molecule has 0 aliphatic carbocycles. The largest absolute Gasteiger partial charge is 0.389 e. The highest BCUT2D eigenvalue weighted by Gasteiger charge is 2.08. The minimum atomic E-state index is -0.280. The quantitative estimate of drug-likeness (QED) is 0.855. The molecule has 0 aliphatic rings. The number of aryl methyl sites for hydroxylation is 1. The number of hydrogen-bond acceptors (Lipinski definition) is 2. The Kier molecular flexibility index (Phi) is 4.91. The van der Waals surface area contributed by atoms with Gasteiger partial charge in [-0.25, -0.2) is 4.39 Å². The van der Waals surface area contributed by atoms with Gasteiger partial charge < -0.3 is 10.6 Å². The molecule has 4 heteroatoms. The SMILES string of the molecule is CCc1ccc(N(C)Cc2ccc(C(N)=S)cc2F)cc1. The molecular formula is C17H19FN2S. The molecule has 2 rings (SSSR count). The van der Waals surface area contributed by atoms with Gasteiger partial charge in [0.2, 0.25) is 0 Å². The second kappa shape index (κ2) is 6.68. The molecule has 2 aromatic carbocycles. The summed E-state index contributed by atoms with van der Waals surface area (Å²) in [5.41, 5.74) is 9.04. The second-order valence-corrected chi connectivity index (χ2v) is 5.49. The third-order valence-electron chi connectivity index (χ3n) is 3.53. The van der Waals surface area contributed by atoms with Crippen molar-refractivity contribution in [2.24, 2.45) is 5.73 Å². The summed E-state index contributed by atoms with van der Waals surface area (Å²) in [6, 6.07) is 13.2. The standard InChI is InChI=1S/C17H19FN2S/c1-3-12-4-8-15(9-5-12)20(2)11-14-7-6-13(17(19)21)10-16(14)18/h4-10H,3,11H2,1-2H3,(H2,19,21). The average Bonchev–Trinajstić information content (AvgIpc) is 2.49. The molecule has 2 aromatic rings. The number of hydrogen-bond donors (Lipinski definition) is 1. The van der Waals surface area contributed by atoms with E-state index >= 15 is 0 Å². The first-order valence-electron chi connectivity index (χ1n) is 6.89. The van der Waals surface area contributed by atoms with Crippen LogP contribution in [-0.2, 0) is 13.0 Å². The number of benzene rings is 2. The zero-order valence-corrected chi connectivity index (χ0v) is 13.1. The Morgan fingerprint density at radius 3 is 2.38 bits per heavy atom. The van der Waals surface area contributed by atoms with E-state index in [0.29, 0.717) is 17.7 Å². The predicted molar refractivity (Wildman–Crippen MR) is 90.2 cm³/mol. The van der Waals surface area contributed by atoms with Gasteiger partial charge in [-0.15, -0.1) is 0 Å². The molecule has 0 atom stereocenters. The molecular weight excluding hydrogens is 283 g/mol. The van der Waals surface area contributed by atoms with Crippen molar-refractivity contribution in [3.8, 4) is 0 Å². The summed E-state index contributed by atoms with van der Waals surface area (Å²) in [6.07, 6.45) is 1.01. The summed E-state index contributed by atoms with van der Waals surface area (Å²) >= 11 is 4.85. The van der Waals surface area contributed by atoms with E-state index in [2.05, 4.69) is 31.2 Å². The van der Waals surface area contributed by atoms with Gasteiger partial charge in [0.1, 0.15) is 10.8 Å². The maximum Gasteiger partial charge on any atom is 0.128 e. The number of thiocarbonyl (C=S) groups is 1. The first kappa shape index (κ1) is 15.4. The Morgan fingerprint density at radius 1 is 1.19 bits per heavy atom. The topological polar surface area (TPSA) is 29.3 Å². The van der Waals surface area contributed by atoms with Gasteiger partial charge in [0, 0.05) is 30.4 Å². The van der Waals surface area contributed by atoms with Gasteiger partial charge in [-0.2, -0.15) is 0 Å². The molecule has 0 amide bonds. The maximum atomic E-state index is 14.1. The summed E-state index contributed by atoms with van der Waals surface area (Å²) in [5.74, 6) is -0.280. The average molecular weight is 302 g/mol. The molecule has 0 aliphatic heterocycles. The fraction of sp³-hybridized carbons (Fsp3) is 0.235. The Bertz CT molecular complexity index is 638. The zero-order valence-electron chi connectivity index (χ0n) is 12.3. The van der Waals surface area contributed by atoms with Crippen LogP contribution < -0.4 is 10.6 Å². The lowest BCUT2D eigenvalue weighted by molar-refractivity contribution is 0.607. The Balaban J connectivity index is 2.14. The minimum Gasteiger partial charge on any atom is -0.389 e. The molecule has 0 bridgehead atoms. The molecule has 0 radical (unpaired) electrons. The van der Waals surface area contributed by atoms with Crippen molar-refractivity contribution >= 4 is 22.9 Å². The van der Waals surface area contributed by atoms with E-state index in [1.807, 2.05) is 11.9 Å². The van der Waals surface area contributed by atoms with Crippen LogP contribution in [-0.4, -0.2) is 12.0 Å². The molecule has 0 aromatic heterocycles. The first-order chi connectivity index (χ1) is 10.0. The van der Waals surface area contributed by atoms with E-state index in [4.69, 9.17) is 18.0 Å². The predicted octanol–water partition coefficient (Wildman–Crippen LogP) is 3.66. The van der Waals surface area contributed by atoms with E-state index in [1.165, 1.54) is 11.6 Å². The monoisotopic (exact) mass is 302 g/mol. The lowest BCUT2D eigenvalue weighted by Crippen LogP contribution is -2.18. The number of anilines is 1. The summed E-state index contributed by atoms with van der Waals surface area (Å²) in [4.78, 5) is 2.22. The first-order valence-corrected chi connectivity index (χ1v) is 7.30. The van der Waals surface area contributed by atoms with Crippen LogP contribution in [0, 0.1) is 5.82 Å². The highest BCUT2D eigenvalue weighted by Crippen LogP contribution is 2.19. The fourth-order valence-corrected chi connectivity index (χ4v) is 2.29. The van der Waals surface area contributed by atoms with Crippen molar-refractivity contribution in [2.75, 3.05) is 11.9 Å². The molecule has 110 valence electrons. The van der Waals surface area contributed by atoms with E-state index in [-0.39, 0.29) is 10.8 Å². The van der Waals surface area contributed by atoms with E-state index < -0.39 is 0 Å². The van der Waals surface area contributed by atoms with Gasteiger partial charge in [-0.1, -0.05) is 43.4 Å².